The summed E-state index contributed by atoms with van der Waals surface area (Å²) in [4.78, 5) is 21.9. The highest BCUT2D eigenvalue weighted by Gasteiger charge is 2.40. The fourth-order valence-corrected chi connectivity index (χ4v) is 4.85. The number of anilines is 1. The summed E-state index contributed by atoms with van der Waals surface area (Å²) >= 11 is 1.56. The van der Waals surface area contributed by atoms with E-state index in [1.807, 2.05) is 18.2 Å². The van der Waals surface area contributed by atoms with Gasteiger partial charge in [-0.3, -0.25) is 0 Å². The highest BCUT2D eigenvalue weighted by Crippen LogP contribution is 2.43. The third-order valence-electron chi connectivity index (χ3n) is 5.92. The summed E-state index contributed by atoms with van der Waals surface area (Å²) in [5, 5.41) is 32.5. The monoisotopic (exact) mass is 455 g/mol. The van der Waals surface area contributed by atoms with Gasteiger partial charge in [0.15, 0.2) is 22.1 Å². The average molecular weight is 456 g/mol. The molecule has 0 spiro atoms. The van der Waals surface area contributed by atoms with Gasteiger partial charge in [0.25, 0.3) is 0 Å². The van der Waals surface area contributed by atoms with E-state index in [4.69, 9.17) is 4.98 Å². The number of β-amino-alcohol motifs (C(OH)–C–C–N with tert-alkyl or cyclic N) is 1. The van der Waals surface area contributed by atoms with Crippen LogP contribution in [0.3, 0.4) is 0 Å². The van der Waals surface area contributed by atoms with E-state index in [0.717, 1.165) is 18.6 Å². The molecule has 5 rings (SSSR count). The molecule has 2 fully saturated rings. The predicted molar refractivity (Wildman–Crippen MR) is 120 cm³/mol. The number of hydrogen-bond acceptors (Lipinski definition) is 8. The van der Waals surface area contributed by atoms with E-state index in [1.54, 1.807) is 16.4 Å². The smallest absolute Gasteiger partial charge is 0.407 e. The molecule has 1 saturated heterocycles. The van der Waals surface area contributed by atoms with E-state index >= 15 is 0 Å². The number of likely N-dealkylation sites (tertiary alicyclic amines) is 1. The van der Waals surface area contributed by atoms with E-state index in [1.165, 1.54) is 10.5 Å². The highest BCUT2D eigenvalue weighted by molar-refractivity contribution is 7.99. The van der Waals surface area contributed by atoms with Crippen molar-refractivity contribution in [2.24, 2.45) is 0 Å². The van der Waals surface area contributed by atoms with Gasteiger partial charge in [-0.05, 0) is 18.4 Å². The van der Waals surface area contributed by atoms with Crippen molar-refractivity contribution in [2.45, 2.75) is 49.0 Å². The molecule has 2 aliphatic rings. The van der Waals surface area contributed by atoms with Gasteiger partial charge in [0.05, 0.1) is 12.6 Å². The lowest BCUT2D eigenvalue weighted by Gasteiger charge is -2.14. The topological polar surface area (TPSA) is 129 Å². The molecule has 4 atom stereocenters. The minimum absolute atomic E-state index is 0.0375. The number of aliphatic hydroxyl groups excluding tert-OH is 1. The van der Waals surface area contributed by atoms with Gasteiger partial charge in [0, 0.05) is 24.3 Å². The van der Waals surface area contributed by atoms with Crippen LogP contribution < -0.4 is 5.32 Å². The predicted octanol–water partition coefficient (Wildman–Crippen LogP) is 2.59. The number of benzene rings is 1. The van der Waals surface area contributed by atoms with E-state index in [2.05, 4.69) is 39.7 Å². The van der Waals surface area contributed by atoms with Crippen LogP contribution in [0.2, 0.25) is 0 Å². The maximum absolute atomic E-state index is 11.4. The highest BCUT2D eigenvalue weighted by atomic mass is 32.2. The summed E-state index contributed by atoms with van der Waals surface area (Å²) in [6.45, 7) is 2.27. The Labute approximate surface area is 189 Å². The molecule has 10 nitrogen and oxygen atoms in total. The van der Waals surface area contributed by atoms with Gasteiger partial charge in [-0.2, -0.15) is 0 Å². The first-order chi connectivity index (χ1) is 15.5. The number of amides is 1. The molecule has 11 heteroatoms. The number of fused-ring (bicyclic) bond motifs is 1. The van der Waals surface area contributed by atoms with Crippen LogP contribution >= 0.6 is 11.8 Å². The maximum Gasteiger partial charge on any atom is 0.407 e. The molecule has 32 heavy (non-hydrogen) atoms. The Bertz CT molecular complexity index is 1130. The van der Waals surface area contributed by atoms with Crippen LogP contribution in [-0.4, -0.2) is 77.2 Å². The van der Waals surface area contributed by atoms with Crippen molar-refractivity contribution in [2.75, 3.05) is 24.2 Å². The number of nitrogens with one attached hydrogen (secondary N) is 1. The number of aliphatic hydroxyl groups is 1. The molecule has 1 aromatic carbocycles. The van der Waals surface area contributed by atoms with Gasteiger partial charge >= 0.3 is 6.09 Å². The Morgan fingerprint density at radius 1 is 1.25 bits per heavy atom. The van der Waals surface area contributed by atoms with Crippen molar-refractivity contribution in [3.8, 4) is 0 Å². The largest absolute Gasteiger partial charge is 0.465 e. The Morgan fingerprint density at radius 2 is 2.06 bits per heavy atom. The first-order valence-electron chi connectivity index (χ1n) is 10.8. The zero-order valence-electron chi connectivity index (χ0n) is 17.6. The van der Waals surface area contributed by atoms with Gasteiger partial charge in [-0.1, -0.05) is 54.2 Å². The molecule has 168 valence electrons. The Hall–Kier alpha value is -2.92. The summed E-state index contributed by atoms with van der Waals surface area (Å²) in [5.74, 6) is 1.93. The van der Waals surface area contributed by atoms with Crippen molar-refractivity contribution in [3.63, 3.8) is 0 Å². The number of rotatable bonds is 7. The molecular weight excluding hydrogens is 430 g/mol. The first-order valence-corrected chi connectivity index (χ1v) is 11.8. The fraction of sp³-hybridized carbons (Fsp3) is 0.476. The molecule has 3 heterocycles. The van der Waals surface area contributed by atoms with Crippen LogP contribution in [-0.2, 0) is 0 Å². The van der Waals surface area contributed by atoms with Gasteiger partial charge in [0.1, 0.15) is 6.04 Å². The molecule has 1 aliphatic heterocycles. The number of hydrogen-bond donors (Lipinski definition) is 3. The lowest BCUT2D eigenvalue weighted by Crippen LogP contribution is -2.27. The summed E-state index contributed by atoms with van der Waals surface area (Å²) in [7, 11) is 0. The minimum atomic E-state index is -1.06. The molecule has 0 bridgehead atoms. The van der Waals surface area contributed by atoms with Crippen LogP contribution in [0.4, 0.5) is 10.6 Å². The molecule has 3 N–H and O–H groups in total. The maximum atomic E-state index is 11.4. The van der Waals surface area contributed by atoms with Crippen molar-refractivity contribution < 1.29 is 15.0 Å². The SMILES string of the molecule is CCCSc1nc(N[C@@H]2C[C@H]2c2ccccc2)c2nnn([C@H]3CN(C(=O)O)C[C@@H]3O)c2n1. The molecule has 0 unspecified atom stereocenters. The number of nitrogens with zero attached hydrogens (tertiary/aromatic N) is 6. The number of aromatic nitrogens is 5. The summed E-state index contributed by atoms with van der Waals surface area (Å²) in [6.07, 6.45) is 0.0588. The second-order valence-corrected chi connectivity index (χ2v) is 9.30. The van der Waals surface area contributed by atoms with E-state index < -0.39 is 18.2 Å². The number of carbonyl (C=O) groups is 1. The Kier molecular flexibility index (Phi) is 5.60. The third kappa shape index (κ3) is 3.97. The van der Waals surface area contributed by atoms with Crippen LogP contribution in [0.15, 0.2) is 35.5 Å². The van der Waals surface area contributed by atoms with Gasteiger partial charge in [-0.25, -0.2) is 19.4 Å². The van der Waals surface area contributed by atoms with Crippen LogP contribution in [0.1, 0.15) is 37.3 Å². The average Bonchev–Trinajstić information content (AvgIpc) is 3.25. The van der Waals surface area contributed by atoms with Gasteiger partial charge < -0.3 is 20.4 Å². The molecular formula is C21H25N7O3S. The minimum Gasteiger partial charge on any atom is -0.465 e. The second-order valence-electron chi connectivity index (χ2n) is 8.24. The quantitative estimate of drug-likeness (QED) is 0.363. The lowest BCUT2D eigenvalue weighted by molar-refractivity contribution is 0.131. The van der Waals surface area contributed by atoms with Crippen LogP contribution in [0.25, 0.3) is 11.2 Å². The molecule has 1 aliphatic carbocycles. The van der Waals surface area contributed by atoms with E-state index in [-0.39, 0.29) is 19.1 Å². The zero-order chi connectivity index (χ0) is 22.2. The van der Waals surface area contributed by atoms with Gasteiger partial charge in [-0.15, -0.1) is 5.10 Å². The zero-order valence-corrected chi connectivity index (χ0v) is 18.4. The number of carboxylic acid groups (broad SMARTS) is 1. The van der Waals surface area contributed by atoms with E-state index in [0.29, 0.717) is 28.1 Å². The standard InChI is InChI=1S/C21H25N7O3S/c1-2-8-32-20-23-18(22-14-9-13(14)12-6-4-3-5-7-12)17-19(24-20)28(26-25-17)15-10-27(21(30)31)11-16(15)29/h3-7,13-16,29H,2,8-11H2,1H3,(H,30,31)(H,22,23,24)/t13-,14+,15-,16-/m0/s1. The van der Waals surface area contributed by atoms with Crippen molar-refractivity contribution in [1.29, 1.82) is 0 Å². The Morgan fingerprint density at radius 3 is 2.78 bits per heavy atom. The van der Waals surface area contributed by atoms with Crippen molar-refractivity contribution in [1.82, 2.24) is 29.9 Å². The molecule has 1 saturated carbocycles. The Balaban J connectivity index is 1.46. The second kappa shape index (κ2) is 8.55. The third-order valence-corrected chi connectivity index (χ3v) is 6.98. The summed E-state index contributed by atoms with van der Waals surface area (Å²) < 4.78 is 1.55. The summed E-state index contributed by atoms with van der Waals surface area (Å²) in [6, 6.07) is 10.1. The van der Waals surface area contributed by atoms with Crippen molar-refractivity contribution in [3.05, 3.63) is 35.9 Å². The normalized spacial score (nSPS) is 24.8. The molecule has 1 amide bonds. The molecule has 3 aromatic rings. The van der Waals surface area contributed by atoms with Crippen LogP contribution in [0, 0.1) is 0 Å². The lowest BCUT2D eigenvalue weighted by atomic mass is 10.1. The molecule has 0 radical (unpaired) electrons. The molecule has 2 aromatic heterocycles. The summed E-state index contributed by atoms with van der Waals surface area (Å²) in [5.41, 5.74) is 2.34. The van der Waals surface area contributed by atoms with Crippen LogP contribution in [0.5, 0.6) is 0 Å². The van der Waals surface area contributed by atoms with Crippen molar-refractivity contribution >= 4 is 34.8 Å². The van der Waals surface area contributed by atoms with E-state index in [9.17, 15) is 15.0 Å². The first kappa shape index (κ1) is 21.0. The van der Waals surface area contributed by atoms with Gasteiger partial charge in [0.2, 0.25) is 0 Å². The number of thioether (sulfide) groups is 1. The fourth-order valence-electron chi connectivity index (χ4n) is 4.16.